The van der Waals surface area contributed by atoms with Crippen molar-refractivity contribution in [2.45, 2.75) is 150 Å². The van der Waals surface area contributed by atoms with Crippen LogP contribution in [0, 0.1) is 11.8 Å². The summed E-state index contributed by atoms with van der Waals surface area (Å²) in [6.07, 6.45) is 22.8. The normalized spacial score (nSPS) is 11.6. The summed E-state index contributed by atoms with van der Waals surface area (Å²) in [6, 6.07) is 0. The molecule has 0 aliphatic heterocycles. The molecule has 0 aliphatic rings. The molecule has 30 heavy (non-hydrogen) atoms. The van der Waals surface area contributed by atoms with E-state index in [2.05, 4.69) is 39.5 Å². The Labute approximate surface area is 191 Å². The first-order chi connectivity index (χ1) is 14.5. The van der Waals surface area contributed by atoms with Crippen LogP contribution in [0.25, 0.3) is 0 Å². The fraction of sp³-hybridized carbons (Fsp3) is 0.964. The van der Waals surface area contributed by atoms with Gasteiger partial charge in [-0.2, -0.15) is 0 Å². The van der Waals surface area contributed by atoms with Crippen LogP contribution in [0.2, 0.25) is 0 Å². The maximum Gasteiger partial charge on any atom is 0.222 e. The Balaban J connectivity index is 4.03. The van der Waals surface area contributed by atoms with E-state index in [1.165, 1.54) is 103 Å². The van der Waals surface area contributed by atoms with E-state index in [0.717, 1.165) is 37.8 Å². The van der Waals surface area contributed by atoms with Gasteiger partial charge in [-0.3, -0.25) is 4.79 Å². The van der Waals surface area contributed by atoms with Crippen LogP contribution in [0.1, 0.15) is 150 Å². The lowest BCUT2D eigenvalue weighted by atomic mass is 10.0. The Morgan fingerprint density at radius 1 is 0.567 bits per heavy atom. The molecule has 2 nitrogen and oxygen atoms in total. The zero-order chi connectivity index (χ0) is 22.5. The molecule has 0 aliphatic carbocycles. The minimum Gasteiger partial charge on any atom is -0.343 e. The van der Waals surface area contributed by atoms with Gasteiger partial charge in [-0.05, 0) is 31.1 Å². The fourth-order valence-electron chi connectivity index (χ4n) is 4.17. The first-order valence-corrected chi connectivity index (χ1v) is 13.7. The van der Waals surface area contributed by atoms with Crippen LogP contribution in [0.15, 0.2) is 0 Å². The number of hydrogen-bond donors (Lipinski definition) is 0. The van der Waals surface area contributed by atoms with Crippen molar-refractivity contribution < 1.29 is 4.79 Å². The van der Waals surface area contributed by atoms with Crippen LogP contribution in [-0.2, 0) is 4.79 Å². The predicted molar refractivity (Wildman–Crippen MR) is 135 cm³/mol. The molecule has 0 fully saturated rings. The first-order valence-electron chi connectivity index (χ1n) is 13.7. The molecule has 0 N–H and O–H groups in total. The summed E-state index contributed by atoms with van der Waals surface area (Å²) in [5, 5.41) is 0. The van der Waals surface area contributed by atoms with Crippen molar-refractivity contribution >= 4 is 5.91 Å². The van der Waals surface area contributed by atoms with Gasteiger partial charge in [0.2, 0.25) is 5.91 Å². The van der Waals surface area contributed by atoms with Gasteiger partial charge in [-0.1, -0.05) is 125 Å². The standard InChI is InChI=1S/C28H57NO/c1-6-7-8-9-10-11-12-13-18-23-28(30)29(24-19-14-16-21-26(2)3)25-20-15-17-22-27(4)5/h26-27H,6-25H2,1-5H3. The van der Waals surface area contributed by atoms with Crippen LogP contribution in [0.5, 0.6) is 0 Å². The lowest BCUT2D eigenvalue weighted by Crippen LogP contribution is -2.32. The SMILES string of the molecule is CCCCCCCCCCCC(=O)N(CCCCCC(C)C)CCCCCC(C)C. The van der Waals surface area contributed by atoms with E-state index >= 15 is 0 Å². The molecule has 180 valence electrons. The van der Waals surface area contributed by atoms with E-state index in [9.17, 15) is 4.79 Å². The summed E-state index contributed by atoms with van der Waals surface area (Å²) in [7, 11) is 0. The van der Waals surface area contributed by atoms with E-state index in [-0.39, 0.29) is 0 Å². The third kappa shape index (κ3) is 20.7. The maximum atomic E-state index is 12.8. The first kappa shape index (κ1) is 29.5. The van der Waals surface area contributed by atoms with Crippen LogP contribution < -0.4 is 0 Å². The quantitative estimate of drug-likeness (QED) is 0.159. The molecular formula is C28H57NO. The lowest BCUT2D eigenvalue weighted by molar-refractivity contribution is -0.131. The van der Waals surface area contributed by atoms with Crippen molar-refractivity contribution in [2.24, 2.45) is 11.8 Å². The molecule has 0 atom stereocenters. The van der Waals surface area contributed by atoms with Gasteiger partial charge in [0.15, 0.2) is 0 Å². The number of carbonyl (C=O) groups excluding carboxylic acids is 1. The predicted octanol–water partition coefficient (Wildman–Crippen LogP) is 9.17. The van der Waals surface area contributed by atoms with E-state index in [1.54, 1.807) is 0 Å². The third-order valence-electron chi connectivity index (χ3n) is 6.27. The Kier molecular flexibility index (Phi) is 21.3. The van der Waals surface area contributed by atoms with Crippen LogP contribution in [0.4, 0.5) is 0 Å². The Morgan fingerprint density at radius 3 is 1.40 bits per heavy atom. The summed E-state index contributed by atoms with van der Waals surface area (Å²) in [5.41, 5.74) is 0. The highest BCUT2D eigenvalue weighted by atomic mass is 16.2. The zero-order valence-electron chi connectivity index (χ0n) is 21.7. The van der Waals surface area contributed by atoms with Gasteiger partial charge in [0.05, 0.1) is 0 Å². The highest BCUT2D eigenvalue weighted by Gasteiger charge is 2.12. The number of hydrogen-bond acceptors (Lipinski definition) is 1. The summed E-state index contributed by atoms with van der Waals surface area (Å²) in [4.78, 5) is 15.0. The van der Waals surface area contributed by atoms with Gasteiger partial charge in [0.1, 0.15) is 0 Å². The molecule has 2 heteroatoms. The van der Waals surface area contributed by atoms with Crippen molar-refractivity contribution in [3.63, 3.8) is 0 Å². The molecule has 0 heterocycles. The molecule has 0 aromatic rings. The van der Waals surface area contributed by atoms with Gasteiger partial charge < -0.3 is 4.90 Å². The van der Waals surface area contributed by atoms with E-state index < -0.39 is 0 Å². The van der Waals surface area contributed by atoms with Crippen molar-refractivity contribution in [1.29, 1.82) is 0 Å². The Bertz CT molecular complexity index is 346. The molecule has 0 saturated carbocycles. The number of carbonyl (C=O) groups is 1. The molecule has 0 aromatic heterocycles. The second-order valence-electron chi connectivity index (χ2n) is 10.4. The summed E-state index contributed by atoms with van der Waals surface area (Å²) in [5.74, 6) is 2.02. The van der Waals surface area contributed by atoms with Crippen LogP contribution in [-0.4, -0.2) is 23.9 Å². The van der Waals surface area contributed by atoms with Crippen LogP contribution >= 0.6 is 0 Å². The van der Waals surface area contributed by atoms with E-state index in [1.807, 2.05) is 0 Å². The lowest BCUT2D eigenvalue weighted by Gasteiger charge is -2.23. The molecule has 0 unspecified atom stereocenters. The summed E-state index contributed by atoms with van der Waals surface area (Å²) >= 11 is 0. The molecule has 0 spiro atoms. The number of rotatable bonds is 22. The molecule has 0 aromatic carbocycles. The molecule has 0 saturated heterocycles. The van der Waals surface area contributed by atoms with Gasteiger partial charge in [0, 0.05) is 19.5 Å². The van der Waals surface area contributed by atoms with Gasteiger partial charge >= 0.3 is 0 Å². The van der Waals surface area contributed by atoms with Crippen molar-refractivity contribution in [1.82, 2.24) is 4.90 Å². The highest BCUT2D eigenvalue weighted by molar-refractivity contribution is 5.76. The Hall–Kier alpha value is -0.530. The van der Waals surface area contributed by atoms with E-state index in [4.69, 9.17) is 0 Å². The summed E-state index contributed by atoms with van der Waals surface area (Å²) in [6.45, 7) is 13.5. The molecule has 0 bridgehead atoms. The second-order valence-corrected chi connectivity index (χ2v) is 10.4. The molecular weight excluding hydrogens is 366 g/mol. The average Bonchev–Trinajstić information content (AvgIpc) is 2.69. The highest BCUT2D eigenvalue weighted by Crippen LogP contribution is 2.14. The minimum absolute atomic E-state index is 0.422. The third-order valence-corrected chi connectivity index (χ3v) is 6.27. The number of amides is 1. The summed E-state index contributed by atoms with van der Waals surface area (Å²) < 4.78 is 0. The fourth-order valence-corrected chi connectivity index (χ4v) is 4.17. The van der Waals surface area contributed by atoms with Crippen molar-refractivity contribution in [3.8, 4) is 0 Å². The average molecular weight is 424 g/mol. The van der Waals surface area contributed by atoms with Gasteiger partial charge in [0.25, 0.3) is 0 Å². The van der Waals surface area contributed by atoms with Crippen molar-refractivity contribution in [3.05, 3.63) is 0 Å². The zero-order valence-corrected chi connectivity index (χ0v) is 21.7. The maximum absolute atomic E-state index is 12.8. The Morgan fingerprint density at radius 2 is 0.967 bits per heavy atom. The topological polar surface area (TPSA) is 20.3 Å². The number of unbranched alkanes of at least 4 members (excludes halogenated alkanes) is 12. The molecule has 1 amide bonds. The van der Waals surface area contributed by atoms with E-state index in [0.29, 0.717) is 5.91 Å². The smallest absolute Gasteiger partial charge is 0.222 e. The van der Waals surface area contributed by atoms with Gasteiger partial charge in [-0.15, -0.1) is 0 Å². The largest absolute Gasteiger partial charge is 0.343 e. The van der Waals surface area contributed by atoms with Crippen LogP contribution in [0.3, 0.4) is 0 Å². The monoisotopic (exact) mass is 423 g/mol. The number of nitrogens with zero attached hydrogens (tertiary/aromatic N) is 1. The minimum atomic E-state index is 0.422. The van der Waals surface area contributed by atoms with Crippen molar-refractivity contribution in [2.75, 3.05) is 13.1 Å². The molecule has 0 rings (SSSR count). The molecule has 0 radical (unpaired) electrons. The van der Waals surface area contributed by atoms with Gasteiger partial charge in [-0.25, -0.2) is 0 Å². The second kappa shape index (κ2) is 21.7.